The molecule has 0 fully saturated rings. The van der Waals surface area contributed by atoms with Crippen molar-refractivity contribution >= 4 is 15.9 Å². The summed E-state index contributed by atoms with van der Waals surface area (Å²) in [7, 11) is 1.65. The fourth-order valence-corrected chi connectivity index (χ4v) is 2.01. The van der Waals surface area contributed by atoms with E-state index in [1.165, 1.54) is 5.56 Å². The van der Waals surface area contributed by atoms with Crippen LogP contribution in [0.25, 0.3) is 0 Å². The largest absolute Gasteiger partial charge is 0.490 e. The minimum Gasteiger partial charge on any atom is -0.490 e. The molecule has 0 amide bonds. The van der Waals surface area contributed by atoms with Crippen molar-refractivity contribution in [2.24, 2.45) is 0 Å². The first-order chi connectivity index (χ1) is 9.24. The number of ether oxygens (including phenoxy) is 4. The van der Waals surface area contributed by atoms with Crippen LogP contribution >= 0.6 is 15.9 Å². The highest BCUT2D eigenvalue weighted by atomic mass is 79.9. The lowest BCUT2D eigenvalue weighted by Gasteiger charge is -2.09. The summed E-state index contributed by atoms with van der Waals surface area (Å²) in [5.74, 6) is 0.838. The lowest BCUT2D eigenvalue weighted by molar-refractivity contribution is 0.0179. The van der Waals surface area contributed by atoms with Gasteiger partial charge >= 0.3 is 0 Å². The van der Waals surface area contributed by atoms with Crippen molar-refractivity contribution in [3.8, 4) is 5.75 Å². The van der Waals surface area contributed by atoms with E-state index in [2.05, 4.69) is 15.9 Å². The molecular formula is C14H21BrO4. The van der Waals surface area contributed by atoms with Gasteiger partial charge in [0.1, 0.15) is 12.4 Å². The topological polar surface area (TPSA) is 36.9 Å². The molecule has 0 spiro atoms. The van der Waals surface area contributed by atoms with E-state index in [0.29, 0.717) is 39.6 Å². The van der Waals surface area contributed by atoms with Crippen molar-refractivity contribution in [3.05, 3.63) is 28.2 Å². The number of rotatable bonds is 10. The molecule has 0 aliphatic heterocycles. The fourth-order valence-electron chi connectivity index (χ4n) is 1.40. The molecule has 0 aliphatic carbocycles. The van der Waals surface area contributed by atoms with Crippen molar-refractivity contribution in [2.45, 2.75) is 6.92 Å². The van der Waals surface area contributed by atoms with Crippen LogP contribution in [0.1, 0.15) is 5.56 Å². The van der Waals surface area contributed by atoms with Gasteiger partial charge in [-0.15, -0.1) is 0 Å². The number of methoxy groups -OCH3 is 1. The Hall–Kier alpha value is -0.620. The summed E-state index contributed by atoms with van der Waals surface area (Å²) >= 11 is 3.47. The molecule has 0 bridgehead atoms. The maximum absolute atomic E-state index is 5.60. The third-order valence-electron chi connectivity index (χ3n) is 2.38. The van der Waals surface area contributed by atoms with Crippen LogP contribution in [0.2, 0.25) is 0 Å². The van der Waals surface area contributed by atoms with Gasteiger partial charge in [-0.1, -0.05) is 6.07 Å². The molecule has 0 aromatic heterocycles. The highest BCUT2D eigenvalue weighted by Gasteiger charge is 2.00. The number of aryl methyl sites for hydroxylation is 1. The Labute approximate surface area is 123 Å². The average Bonchev–Trinajstić information content (AvgIpc) is 2.39. The van der Waals surface area contributed by atoms with Gasteiger partial charge in [0.15, 0.2) is 0 Å². The van der Waals surface area contributed by atoms with E-state index in [-0.39, 0.29) is 0 Å². The molecule has 0 N–H and O–H groups in total. The van der Waals surface area contributed by atoms with Crippen LogP contribution in [0, 0.1) is 6.92 Å². The van der Waals surface area contributed by atoms with Gasteiger partial charge < -0.3 is 18.9 Å². The predicted molar refractivity (Wildman–Crippen MR) is 77.9 cm³/mol. The molecular weight excluding hydrogens is 312 g/mol. The van der Waals surface area contributed by atoms with Gasteiger partial charge in [0.25, 0.3) is 0 Å². The second-order valence-corrected chi connectivity index (χ2v) is 4.85. The zero-order valence-electron chi connectivity index (χ0n) is 11.5. The summed E-state index contributed by atoms with van der Waals surface area (Å²) in [5.41, 5.74) is 1.20. The van der Waals surface area contributed by atoms with Gasteiger partial charge in [0.2, 0.25) is 0 Å². The zero-order valence-corrected chi connectivity index (χ0v) is 13.1. The Kier molecular flexibility index (Phi) is 8.82. The Bertz CT molecular complexity index is 357. The van der Waals surface area contributed by atoms with Crippen LogP contribution < -0.4 is 4.74 Å². The molecule has 0 aliphatic rings. The predicted octanol–water partition coefficient (Wildman–Crippen LogP) is 2.82. The second kappa shape index (κ2) is 10.2. The monoisotopic (exact) mass is 332 g/mol. The molecule has 108 valence electrons. The van der Waals surface area contributed by atoms with E-state index in [4.69, 9.17) is 18.9 Å². The Morgan fingerprint density at radius 2 is 1.58 bits per heavy atom. The number of hydrogen-bond acceptors (Lipinski definition) is 4. The van der Waals surface area contributed by atoms with E-state index in [1.54, 1.807) is 7.11 Å². The summed E-state index contributed by atoms with van der Waals surface area (Å²) in [4.78, 5) is 0. The molecule has 0 saturated carbocycles. The molecule has 1 aromatic carbocycles. The molecule has 5 heteroatoms. The normalized spacial score (nSPS) is 10.7. The summed E-state index contributed by atoms with van der Waals surface area (Å²) in [5, 5.41) is 0. The van der Waals surface area contributed by atoms with Crippen LogP contribution in [0.3, 0.4) is 0 Å². The second-order valence-electron chi connectivity index (χ2n) is 4.00. The Balaban J connectivity index is 2.01. The first-order valence-electron chi connectivity index (χ1n) is 6.27. The van der Waals surface area contributed by atoms with E-state index in [1.807, 2.05) is 25.1 Å². The summed E-state index contributed by atoms with van der Waals surface area (Å²) < 4.78 is 22.1. The van der Waals surface area contributed by atoms with Gasteiger partial charge in [-0.2, -0.15) is 0 Å². The fraction of sp³-hybridized carbons (Fsp3) is 0.571. The van der Waals surface area contributed by atoms with Crippen LogP contribution in [0.4, 0.5) is 0 Å². The maximum Gasteiger partial charge on any atom is 0.133 e. The highest BCUT2D eigenvalue weighted by Crippen LogP contribution is 2.25. The van der Waals surface area contributed by atoms with Crippen molar-refractivity contribution in [1.82, 2.24) is 0 Å². The van der Waals surface area contributed by atoms with E-state index < -0.39 is 0 Å². The first-order valence-corrected chi connectivity index (χ1v) is 7.06. The van der Waals surface area contributed by atoms with Gasteiger partial charge in [0.05, 0.1) is 37.5 Å². The molecule has 0 atom stereocenters. The molecule has 19 heavy (non-hydrogen) atoms. The molecule has 0 radical (unpaired) electrons. The average molecular weight is 333 g/mol. The number of halogens is 1. The van der Waals surface area contributed by atoms with Crippen molar-refractivity contribution in [3.63, 3.8) is 0 Å². The standard InChI is InChI=1S/C14H21BrO4/c1-12-3-4-14(13(15)11-12)19-10-9-18-8-7-17-6-5-16-2/h3-4,11H,5-10H2,1-2H3. The summed E-state index contributed by atoms with van der Waals surface area (Å²) in [6.45, 7) is 5.49. The lowest BCUT2D eigenvalue weighted by atomic mass is 10.2. The summed E-state index contributed by atoms with van der Waals surface area (Å²) in [6.07, 6.45) is 0. The van der Waals surface area contributed by atoms with Crippen LogP contribution in [0.5, 0.6) is 5.75 Å². The number of benzene rings is 1. The first kappa shape index (κ1) is 16.4. The van der Waals surface area contributed by atoms with Gasteiger partial charge in [0, 0.05) is 7.11 Å². The van der Waals surface area contributed by atoms with Gasteiger partial charge in [-0.3, -0.25) is 0 Å². The van der Waals surface area contributed by atoms with E-state index >= 15 is 0 Å². The van der Waals surface area contributed by atoms with Gasteiger partial charge in [-0.05, 0) is 40.5 Å². The van der Waals surface area contributed by atoms with Crippen molar-refractivity contribution < 1.29 is 18.9 Å². The SMILES string of the molecule is COCCOCCOCCOc1ccc(C)cc1Br. The van der Waals surface area contributed by atoms with Crippen molar-refractivity contribution in [1.29, 1.82) is 0 Å². The van der Waals surface area contributed by atoms with E-state index in [9.17, 15) is 0 Å². The molecule has 1 aromatic rings. The summed E-state index contributed by atoms with van der Waals surface area (Å²) in [6, 6.07) is 6.00. The highest BCUT2D eigenvalue weighted by molar-refractivity contribution is 9.10. The quantitative estimate of drug-likeness (QED) is 0.617. The molecule has 0 saturated heterocycles. The Morgan fingerprint density at radius 1 is 0.947 bits per heavy atom. The smallest absolute Gasteiger partial charge is 0.133 e. The lowest BCUT2D eigenvalue weighted by Crippen LogP contribution is -2.12. The Morgan fingerprint density at radius 3 is 2.21 bits per heavy atom. The zero-order chi connectivity index (χ0) is 13.9. The van der Waals surface area contributed by atoms with E-state index in [0.717, 1.165) is 10.2 Å². The molecule has 4 nitrogen and oxygen atoms in total. The third kappa shape index (κ3) is 7.52. The van der Waals surface area contributed by atoms with Gasteiger partial charge in [-0.25, -0.2) is 0 Å². The van der Waals surface area contributed by atoms with Crippen LogP contribution in [-0.2, 0) is 14.2 Å². The number of hydrogen-bond donors (Lipinski definition) is 0. The third-order valence-corrected chi connectivity index (χ3v) is 3.00. The van der Waals surface area contributed by atoms with Crippen molar-refractivity contribution in [2.75, 3.05) is 46.8 Å². The molecule has 0 heterocycles. The molecule has 1 rings (SSSR count). The molecule has 0 unspecified atom stereocenters. The minimum atomic E-state index is 0.528. The maximum atomic E-state index is 5.60. The minimum absolute atomic E-state index is 0.528. The van der Waals surface area contributed by atoms with Crippen LogP contribution in [-0.4, -0.2) is 46.8 Å². The van der Waals surface area contributed by atoms with Crippen LogP contribution in [0.15, 0.2) is 22.7 Å².